The van der Waals surface area contributed by atoms with Crippen molar-refractivity contribution < 1.29 is 19.1 Å². The number of rotatable bonds is 5. The summed E-state index contributed by atoms with van der Waals surface area (Å²) in [5.41, 5.74) is 0.295. The molecule has 0 aromatic heterocycles. The highest BCUT2D eigenvalue weighted by atomic mass is 16.5. The maximum atomic E-state index is 11.9. The maximum Gasteiger partial charge on any atom is 0.354 e. The molecule has 108 valence electrons. The Balaban J connectivity index is 2.94. The largest absolute Gasteiger partial charge is 0.466 e. The van der Waals surface area contributed by atoms with E-state index in [1.165, 1.54) is 26.7 Å². The zero-order chi connectivity index (χ0) is 14.3. The molecule has 1 saturated carbocycles. The summed E-state index contributed by atoms with van der Waals surface area (Å²) in [6.07, 6.45) is 6.88. The molecule has 19 heavy (non-hydrogen) atoms. The smallest absolute Gasteiger partial charge is 0.354 e. The predicted molar refractivity (Wildman–Crippen MR) is 71.4 cm³/mol. The number of carbonyl (C=O) groups is 2. The van der Waals surface area contributed by atoms with Crippen LogP contribution in [0.15, 0.2) is 11.8 Å². The third kappa shape index (κ3) is 4.26. The van der Waals surface area contributed by atoms with Gasteiger partial charge in [0.1, 0.15) is 5.70 Å². The first-order valence-corrected chi connectivity index (χ1v) is 6.78. The summed E-state index contributed by atoms with van der Waals surface area (Å²) in [5, 5.41) is 0. The standard InChI is InChI=1S/C14H23NO4/c1-4-15(11-8-6-5-7-9-11)12(14(17)19-3)10-13(16)18-2/h10-11H,4-9H2,1-3H3/b12-10+. The fraction of sp³-hybridized carbons (Fsp3) is 0.714. The van der Waals surface area contributed by atoms with Crippen LogP contribution in [0.3, 0.4) is 0 Å². The summed E-state index contributed by atoms with van der Waals surface area (Å²) in [6, 6.07) is 0.300. The van der Waals surface area contributed by atoms with E-state index in [4.69, 9.17) is 4.74 Å². The molecule has 1 aliphatic rings. The number of hydrogen-bond acceptors (Lipinski definition) is 5. The van der Waals surface area contributed by atoms with Gasteiger partial charge in [-0.05, 0) is 19.8 Å². The fourth-order valence-corrected chi connectivity index (χ4v) is 2.55. The van der Waals surface area contributed by atoms with Crippen LogP contribution in [-0.4, -0.2) is 43.6 Å². The van der Waals surface area contributed by atoms with Crippen LogP contribution in [0.25, 0.3) is 0 Å². The number of likely N-dealkylation sites (N-methyl/N-ethyl adjacent to an activating group) is 1. The summed E-state index contributed by atoms with van der Waals surface area (Å²) >= 11 is 0. The van der Waals surface area contributed by atoms with Gasteiger partial charge in [0.05, 0.1) is 20.3 Å². The number of esters is 2. The molecule has 0 amide bonds. The van der Waals surface area contributed by atoms with E-state index in [-0.39, 0.29) is 0 Å². The molecule has 5 heteroatoms. The van der Waals surface area contributed by atoms with Crippen molar-refractivity contribution in [1.82, 2.24) is 4.90 Å². The average Bonchev–Trinajstić information content (AvgIpc) is 2.47. The highest BCUT2D eigenvalue weighted by Gasteiger charge is 2.26. The average molecular weight is 269 g/mol. The molecule has 0 unspecified atom stereocenters. The maximum absolute atomic E-state index is 11.9. The first-order chi connectivity index (χ1) is 9.13. The van der Waals surface area contributed by atoms with Gasteiger partial charge in [0, 0.05) is 12.6 Å². The van der Waals surface area contributed by atoms with Crippen molar-refractivity contribution in [3.63, 3.8) is 0 Å². The highest BCUT2D eigenvalue weighted by molar-refractivity contribution is 5.95. The van der Waals surface area contributed by atoms with E-state index in [1.807, 2.05) is 11.8 Å². The van der Waals surface area contributed by atoms with E-state index in [1.54, 1.807) is 0 Å². The molecule has 0 heterocycles. The molecule has 0 aromatic carbocycles. The van der Waals surface area contributed by atoms with E-state index >= 15 is 0 Å². The Kier molecular flexibility index (Phi) is 6.39. The zero-order valence-electron chi connectivity index (χ0n) is 12.0. The predicted octanol–water partition coefficient (Wildman–Crippen LogP) is 1.87. The quantitative estimate of drug-likeness (QED) is 0.563. The number of nitrogens with zero attached hydrogens (tertiary/aromatic N) is 1. The topological polar surface area (TPSA) is 55.8 Å². The van der Waals surface area contributed by atoms with Gasteiger partial charge in [0.25, 0.3) is 0 Å². The Morgan fingerprint density at radius 2 is 1.79 bits per heavy atom. The molecule has 0 saturated heterocycles. The lowest BCUT2D eigenvalue weighted by atomic mass is 9.93. The minimum absolute atomic E-state index is 0.295. The lowest BCUT2D eigenvalue weighted by Crippen LogP contribution is -2.39. The van der Waals surface area contributed by atoms with E-state index in [0.717, 1.165) is 25.7 Å². The highest BCUT2D eigenvalue weighted by Crippen LogP contribution is 2.25. The van der Waals surface area contributed by atoms with Gasteiger partial charge in [-0.25, -0.2) is 9.59 Å². The monoisotopic (exact) mass is 269 g/mol. The van der Waals surface area contributed by atoms with Crippen LogP contribution in [0.1, 0.15) is 39.0 Å². The van der Waals surface area contributed by atoms with E-state index in [2.05, 4.69) is 4.74 Å². The molecule has 0 aromatic rings. The van der Waals surface area contributed by atoms with Gasteiger partial charge in [-0.3, -0.25) is 0 Å². The van der Waals surface area contributed by atoms with Gasteiger partial charge in [-0.15, -0.1) is 0 Å². The van der Waals surface area contributed by atoms with Gasteiger partial charge < -0.3 is 14.4 Å². The molecule has 1 fully saturated rings. The van der Waals surface area contributed by atoms with E-state index in [0.29, 0.717) is 18.3 Å². The number of methoxy groups -OCH3 is 2. The van der Waals surface area contributed by atoms with Gasteiger partial charge in [-0.1, -0.05) is 19.3 Å². The van der Waals surface area contributed by atoms with Crippen LogP contribution in [-0.2, 0) is 19.1 Å². The molecule has 5 nitrogen and oxygen atoms in total. The van der Waals surface area contributed by atoms with Crippen molar-refractivity contribution in [3.8, 4) is 0 Å². The number of hydrogen-bond donors (Lipinski definition) is 0. The van der Waals surface area contributed by atoms with Crippen molar-refractivity contribution in [2.75, 3.05) is 20.8 Å². The summed E-state index contributed by atoms with van der Waals surface area (Å²) in [7, 11) is 2.62. The van der Waals surface area contributed by atoms with Gasteiger partial charge >= 0.3 is 11.9 Å². The fourth-order valence-electron chi connectivity index (χ4n) is 2.55. The second kappa shape index (κ2) is 7.81. The summed E-state index contributed by atoms with van der Waals surface area (Å²) in [4.78, 5) is 25.2. The van der Waals surface area contributed by atoms with Gasteiger partial charge in [0.15, 0.2) is 0 Å². The summed E-state index contributed by atoms with van der Waals surface area (Å²) in [5.74, 6) is -1.02. The molecule has 0 aliphatic heterocycles. The molecule has 1 rings (SSSR count). The molecular weight excluding hydrogens is 246 g/mol. The molecular formula is C14H23NO4. The van der Waals surface area contributed by atoms with E-state index < -0.39 is 11.9 Å². The third-order valence-corrected chi connectivity index (χ3v) is 3.52. The minimum Gasteiger partial charge on any atom is -0.466 e. The van der Waals surface area contributed by atoms with Crippen LogP contribution in [0.5, 0.6) is 0 Å². The third-order valence-electron chi connectivity index (χ3n) is 3.52. The Bertz CT molecular complexity index is 345. The minimum atomic E-state index is -0.533. The lowest BCUT2D eigenvalue weighted by molar-refractivity contribution is -0.140. The van der Waals surface area contributed by atoms with Crippen molar-refractivity contribution in [1.29, 1.82) is 0 Å². The lowest BCUT2D eigenvalue weighted by Gasteiger charge is -2.35. The second-order valence-corrected chi connectivity index (χ2v) is 4.62. The Morgan fingerprint density at radius 1 is 1.16 bits per heavy atom. The van der Waals surface area contributed by atoms with Crippen LogP contribution in [0, 0.1) is 0 Å². The molecule has 0 atom stereocenters. The zero-order valence-corrected chi connectivity index (χ0v) is 12.0. The molecule has 0 bridgehead atoms. The molecule has 1 aliphatic carbocycles. The van der Waals surface area contributed by atoms with Crippen molar-refractivity contribution >= 4 is 11.9 Å². The Labute approximate surface area is 114 Å². The van der Waals surface area contributed by atoms with Crippen LogP contribution < -0.4 is 0 Å². The Hall–Kier alpha value is -1.52. The van der Waals surface area contributed by atoms with E-state index in [9.17, 15) is 9.59 Å². The Morgan fingerprint density at radius 3 is 2.26 bits per heavy atom. The summed E-state index contributed by atoms with van der Waals surface area (Å²) in [6.45, 7) is 2.64. The van der Waals surface area contributed by atoms with Crippen molar-refractivity contribution in [3.05, 3.63) is 11.8 Å². The van der Waals surface area contributed by atoms with Crippen LogP contribution in [0.2, 0.25) is 0 Å². The van der Waals surface area contributed by atoms with Gasteiger partial charge in [-0.2, -0.15) is 0 Å². The van der Waals surface area contributed by atoms with Crippen molar-refractivity contribution in [2.45, 2.75) is 45.1 Å². The number of carbonyl (C=O) groups excluding carboxylic acids is 2. The first kappa shape index (κ1) is 15.5. The summed E-state index contributed by atoms with van der Waals surface area (Å²) < 4.78 is 9.38. The second-order valence-electron chi connectivity index (χ2n) is 4.62. The number of ether oxygens (including phenoxy) is 2. The molecule has 0 radical (unpaired) electrons. The van der Waals surface area contributed by atoms with Crippen molar-refractivity contribution in [2.24, 2.45) is 0 Å². The molecule has 0 spiro atoms. The normalized spacial score (nSPS) is 16.9. The van der Waals surface area contributed by atoms with Crippen LogP contribution >= 0.6 is 0 Å². The van der Waals surface area contributed by atoms with Crippen LogP contribution in [0.4, 0.5) is 0 Å². The van der Waals surface area contributed by atoms with Gasteiger partial charge in [0.2, 0.25) is 0 Å². The molecule has 0 N–H and O–H groups in total. The first-order valence-electron chi connectivity index (χ1n) is 6.78. The SMILES string of the molecule is CCN(/C(=C/C(=O)OC)C(=O)OC)C1CCCCC1.